The third-order valence-electron chi connectivity index (χ3n) is 5.16. The number of nitrogens with zero attached hydrogens (tertiary/aromatic N) is 2. The van der Waals surface area contributed by atoms with Gasteiger partial charge in [-0.05, 0) is 69.8 Å². The molecule has 1 saturated heterocycles. The Morgan fingerprint density at radius 2 is 1.88 bits per heavy atom. The van der Waals surface area contributed by atoms with Gasteiger partial charge in [0.25, 0.3) is 5.91 Å². The number of hydrogen-bond donors (Lipinski definition) is 1. The van der Waals surface area contributed by atoms with E-state index < -0.39 is 0 Å². The molecule has 3 rings (SSSR count). The van der Waals surface area contributed by atoms with E-state index >= 15 is 0 Å². The van der Waals surface area contributed by atoms with E-state index in [1.165, 1.54) is 5.56 Å². The Hall–Kier alpha value is -2.07. The molecule has 1 aromatic heterocycles. The lowest BCUT2D eigenvalue weighted by Gasteiger charge is -2.31. The van der Waals surface area contributed by atoms with Crippen LogP contribution >= 0.6 is 0 Å². The van der Waals surface area contributed by atoms with Crippen molar-refractivity contribution in [3.63, 3.8) is 0 Å². The van der Waals surface area contributed by atoms with Crippen molar-refractivity contribution < 1.29 is 4.79 Å². The summed E-state index contributed by atoms with van der Waals surface area (Å²) in [5, 5.41) is 0. The number of aryl methyl sites for hydroxylation is 2. The minimum Gasteiger partial charge on any atom is -0.339 e. The zero-order valence-corrected chi connectivity index (χ0v) is 14.9. The largest absolute Gasteiger partial charge is 0.339 e. The number of piperidine rings is 1. The minimum atomic E-state index is 0.150. The normalized spacial score (nSPS) is 15.8. The Morgan fingerprint density at radius 1 is 1.17 bits per heavy atom. The van der Waals surface area contributed by atoms with Gasteiger partial charge in [0.15, 0.2) is 0 Å². The number of hydrogen-bond acceptors (Lipinski definition) is 2. The molecule has 0 radical (unpaired) electrons. The number of aromatic nitrogens is 1. The average molecular weight is 325 g/mol. The molecule has 2 N–H and O–H groups in total. The van der Waals surface area contributed by atoms with Crippen molar-refractivity contribution in [3.8, 4) is 5.69 Å². The molecule has 1 amide bonds. The first kappa shape index (κ1) is 16.8. The van der Waals surface area contributed by atoms with Crippen molar-refractivity contribution in [1.29, 1.82) is 0 Å². The first-order chi connectivity index (χ1) is 11.5. The highest BCUT2D eigenvalue weighted by Crippen LogP contribution is 2.24. The lowest BCUT2D eigenvalue weighted by atomic mass is 9.96. The van der Waals surface area contributed by atoms with Crippen molar-refractivity contribution >= 4 is 5.91 Å². The molecule has 0 atom stereocenters. The van der Waals surface area contributed by atoms with Gasteiger partial charge in [-0.3, -0.25) is 4.79 Å². The summed E-state index contributed by atoms with van der Waals surface area (Å²) >= 11 is 0. The Bertz CT molecular complexity index is 739. The molecule has 0 aliphatic carbocycles. The van der Waals surface area contributed by atoms with Crippen LogP contribution < -0.4 is 5.73 Å². The van der Waals surface area contributed by atoms with Gasteiger partial charge < -0.3 is 15.2 Å². The highest BCUT2D eigenvalue weighted by molar-refractivity contribution is 5.96. The SMILES string of the molecule is Cc1cccc(-n2c(C)cc(C(=O)N3CCC(CN)CC3)c2C)c1. The summed E-state index contributed by atoms with van der Waals surface area (Å²) in [4.78, 5) is 14.9. The number of likely N-dealkylation sites (tertiary alicyclic amines) is 1. The van der Waals surface area contributed by atoms with Crippen LogP contribution in [0.1, 0.15) is 40.2 Å². The van der Waals surface area contributed by atoms with Crippen molar-refractivity contribution in [2.24, 2.45) is 11.7 Å². The van der Waals surface area contributed by atoms with Gasteiger partial charge in [0.1, 0.15) is 0 Å². The van der Waals surface area contributed by atoms with Crippen LogP contribution in [0.5, 0.6) is 0 Å². The monoisotopic (exact) mass is 325 g/mol. The number of carbonyl (C=O) groups is 1. The molecular formula is C20H27N3O. The van der Waals surface area contributed by atoms with Crippen LogP contribution in [0.15, 0.2) is 30.3 Å². The second kappa shape index (κ2) is 6.81. The molecule has 4 nitrogen and oxygen atoms in total. The highest BCUT2D eigenvalue weighted by Gasteiger charge is 2.25. The fourth-order valence-corrected chi connectivity index (χ4v) is 3.69. The van der Waals surface area contributed by atoms with Crippen molar-refractivity contribution in [3.05, 3.63) is 52.8 Å². The van der Waals surface area contributed by atoms with E-state index in [4.69, 9.17) is 5.73 Å². The molecule has 128 valence electrons. The van der Waals surface area contributed by atoms with Crippen molar-refractivity contribution in [2.45, 2.75) is 33.6 Å². The van der Waals surface area contributed by atoms with Gasteiger partial charge in [-0.1, -0.05) is 12.1 Å². The molecule has 4 heteroatoms. The third kappa shape index (κ3) is 3.11. The quantitative estimate of drug-likeness (QED) is 0.942. The van der Waals surface area contributed by atoms with Crippen LogP contribution in [0.3, 0.4) is 0 Å². The van der Waals surface area contributed by atoms with E-state index in [0.29, 0.717) is 5.92 Å². The second-order valence-electron chi connectivity index (χ2n) is 6.93. The molecule has 1 aromatic carbocycles. The molecule has 0 spiro atoms. The van der Waals surface area contributed by atoms with Crippen LogP contribution in [-0.4, -0.2) is 35.0 Å². The van der Waals surface area contributed by atoms with Gasteiger partial charge in [-0.2, -0.15) is 0 Å². The summed E-state index contributed by atoms with van der Waals surface area (Å²) < 4.78 is 2.17. The first-order valence-electron chi connectivity index (χ1n) is 8.76. The smallest absolute Gasteiger partial charge is 0.255 e. The third-order valence-corrected chi connectivity index (χ3v) is 5.16. The molecule has 2 aromatic rings. The van der Waals surface area contributed by atoms with Crippen LogP contribution in [0.2, 0.25) is 0 Å². The highest BCUT2D eigenvalue weighted by atomic mass is 16.2. The number of benzene rings is 1. The maximum Gasteiger partial charge on any atom is 0.255 e. The second-order valence-corrected chi connectivity index (χ2v) is 6.93. The summed E-state index contributed by atoms with van der Waals surface area (Å²) in [5.41, 5.74) is 11.0. The summed E-state index contributed by atoms with van der Waals surface area (Å²) in [6, 6.07) is 10.4. The van der Waals surface area contributed by atoms with Crippen molar-refractivity contribution in [2.75, 3.05) is 19.6 Å². The van der Waals surface area contributed by atoms with Crippen LogP contribution in [0.4, 0.5) is 0 Å². The minimum absolute atomic E-state index is 0.150. The average Bonchev–Trinajstić information content (AvgIpc) is 2.89. The molecule has 0 saturated carbocycles. The number of rotatable bonds is 3. The van der Waals surface area contributed by atoms with Crippen molar-refractivity contribution in [1.82, 2.24) is 9.47 Å². The Morgan fingerprint density at radius 3 is 2.50 bits per heavy atom. The predicted molar refractivity (Wildman–Crippen MR) is 97.7 cm³/mol. The van der Waals surface area contributed by atoms with Gasteiger partial charge >= 0.3 is 0 Å². The lowest BCUT2D eigenvalue weighted by molar-refractivity contribution is 0.0692. The first-order valence-corrected chi connectivity index (χ1v) is 8.76. The molecule has 0 unspecified atom stereocenters. The van der Waals surface area contributed by atoms with Gasteiger partial charge in [-0.25, -0.2) is 0 Å². The maximum atomic E-state index is 13.0. The van der Waals surface area contributed by atoms with Crippen LogP contribution in [0.25, 0.3) is 5.69 Å². The zero-order chi connectivity index (χ0) is 17.3. The van der Waals surface area contributed by atoms with Gasteiger partial charge in [0.2, 0.25) is 0 Å². The molecule has 24 heavy (non-hydrogen) atoms. The standard InChI is InChI=1S/C20H27N3O/c1-14-5-4-6-18(11-14)23-15(2)12-19(16(23)3)20(24)22-9-7-17(13-21)8-10-22/h4-6,11-12,17H,7-10,13,21H2,1-3H3. The van der Waals surface area contributed by atoms with E-state index in [1.807, 2.05) is 17.9 Å². The molecule has 1 aliphatic heterocycles. The van der Waals surface area contributed by atoms with Gasteiger partial charge in [0.05, 0.1) is 5.56 Å². The fourth-order valence-electron chi connectivity index (χ4n) is 3.69. The Labute approximate surface area is 144 Å². The molecule has 1 aliphatic rings. The maximum absolute atomic E-state index is 13.0. The fraction of sp³-hybridized carbons (Fsp3) is 0.450. The molecule has 0 bridgehead atoms. The zero-order valence-electron chi connectivity index (χ0n) is 14.9. The summed E-state index contributed by atoms with van der Waals surface area (Å²) in [6.45, 7) is 8.54. The molecule has 2 heterocycles. The van der Waals surface area contributed by atoms with E-state index in [1.54, 1.807) is 0 Å². The van der Waals surface area contributed by atoms with E-state index in [0.717, 1.165) is 55.1 Å². The summed E-state index contributed by atoms with van der Waals surface area (Å²) in [5.74, 6) is 0.714. The summed E-state index contributed by atoms with van der Waals surface area (Å²) in [7, 11) is 0. The van der Waals surface area contributed by atoms with E-state index in [-0.39, 0.29) is 5.91 Å². The number of amides is 1. The molecule has 1 fully saturated rings. The molecular weight excluding hydrogens is 298 g/mol. The van der Waals surface area contributed by atoms with E-state index in [2.05, 4.69) is 42.7 Å². The summed E-state index contributed by atoms with van der Waals surface area (Å²) in [6.07, 6.45) is 2.03. The van der Waals surface area contributed by atoms with Crippen LogP contribution in [-0.2, 0) is 0 Å². The van der Waals surface area contributed by atoms with E-state index in [9.17, 15) is 4.79 Å². The lowest BCUT2D eigenvalue weighted by Crippen LogP contribution is -2.40. The van der Waals surface area contributed by atoms with Gasteiger partial charge in [-0.15, -0.1) is 0 Å². The Kier molecular flexibility index (Phi) is 4.76. The van der Waals surface area contributed by atoms with Crippen LogP contribution in [0, 0.1) is 26.7 Å². The van der Waals surface area contributed by atoms with Gasteiger partial charge in [0, 0.05) is 30.2 Å². The predicted octanol–water partition coefficient (Wildman–Crippen LogP) is 3.21. The number of nitrogens with two attached hydrogens (primary N) is 1. The topological polar surface area (TPSA) is 51.3 Å². The number of carbonyl (C=O) groups excluding carboxylic acids is 1. The Balaban J connectivity index is 1.88.